The predicted molar refractivity (Wildman–Crippen MR) is 114 cm³/mol. The molecule has 0 aliphatic rings. The van der Waals surface area contributed by atoms with Gasteiger partial charge in [-0.05, 0) is 58.4 Å². The number of hydrazone groups is 1. The maximum Gasteiger partial charge on any atom is 0.277 e. The largest absolute Gasteiger partial charge is 0.497 e. The molecule has 0 aliphatic heterocycles. The van der Waals surface area contributed by atoms with Gasteiger partial charge in [0, 0.05) is 10.0 Å². The Morgan fingerprint density at radius 1 is 1.14 bits per heavy atom. The minimum atomic E-state index is -0.390. The third-order valence-electron chi connectivity index (χ3n) is 3.63. The Balaban J connectivity index is 1.50. The minimum absolute atomic E-state index is 0.176. The molecule has 0 unspecified atom stereocenters. The van der Waals surface area contributed by atoms with Gasteiger partial charge < -0.3 is 13.9 Å². The zero-order valence-corrected chi connectivity index (χ0v) is 18.0. The highest BCUT2D eigenvalue weighted by atomic mass is 79.9. The van der Waals surface area contributed by atoms with E-state index in [9.17, 15) is 4.79 Å². The Kier molecular flexibility index (Phi) is 6.89. The van der Waals surface area contributed by atoms with Gasteiger partial charge >= 0.3 is 0 Å². The fourth-order valence-electron chi connectivity index (χ4n) is 2.26. The van der Waals surface area contributed by atoms with Crippen LogP contribution in [0.25, 0.3) is 11.3 Å². The van der Waals surface area contributed by atoms with Crippen LogP contribution in [0.2, 0.25) is 0 Å². The highest BCUT2D eigenvalue weighted by Gasteiger charge is 2.07. The van der Waals surface area contributed by atoms with Crippen molar-refractivity contribution in [1.82, 2.24) is 5.43 Å². The summed E-state index contributed by atoms with van der Waals surface area (Å²) < 4.78 is 18.0. The standard InChI is InChI=1S/C20H16Br2N2O4/c1-26-15-6-9-19(17(22)10-15)27-12-20(25)24-23-11-16-7-8-18(28-16)13-2-4-14(21)5-3-13/h2-11H,12H2,1H3,(H,24,25)/b23-11-. The Morgan fingerprint density at radius 2 is 1.93 bits per heavy atom. The number of furan rings is 1. The van der Waals surface area contributed by atoms with E-state index in [0.717, 1.165) is 10.0 Å². The van der Waals surface area contributed by atoms with Crippen LogP contribution in [0.4, 0.5) is 0 Å². The van der Waals surface area contributed by atoms with Gasteiger partial charge in [0.25, 0.3) is 5.91 Å². The second-order valence-electron chi connectivity index (χ2n) is 5.59. The van der Waals surface area contributed by atoms with Crippen molar-refractivity contribution in [3.8, 4) is 22.8 Å². The van der Waals surface area contributed by atoms with Gasteiger partial charge in [0.1, 0.15) is 23.0 Å². The van der Waals surface area contributed by atoms with Crippen molar-refractivity contribution in [3.05, 3.63) is 69.3 Å². The maximum absolute atomic E-state index is 11.9. The molecule has 0 aliphatic carbocycles. The molecule has 1 amide bonds. The molecule has 8 heteroatoms. The Labute approximate surface area is 178 Å². The lowest BCUT2D eigenvalue weighted by Crippen LogP contribution is -2.24. The Morgan fingerprint density at radius 3 is 2.64 bits per heavy atom. The van der Waals surface area contributed by atoms with E-state index >= 15 is 0 Å². The number of hydrogen-bond donors (Lipinski definition) is 1. The monoisotopic (exact) mass is 506 g/mol. The van der Waals surface area contributed by atoms with Gasteiger partial charge in [-0.15, -0.1) is 0 Å². The van der Waals surface area contributed by atoms with Crippen molar-refractivity contribution < 1.29 is 18.7 Å². The first-order chi connectivity index (χ1) is 13.5. The van der Waals surface area contributed by atoms with Gasteiger partial charge in [0.2, 0.25) is 0 Å². The maximum atomic E-state index is 11.9. The van der Waals surface area contributed by atoms with E-state index in [4.69, 9.17) is 13.9 Å². The van der Waals surface area contributed by atoms with Crippen molar-refractivity contribution >= 4 is 44.0 Å². The summed E-state index contributed by atoms with van der Waals surface area (Å²) in [5, 5.41) is 3.89. The highest BCUT2D eigenvalue weighted by molar-refractivity contribution is 9.10. The van der Waals surface area contributed by atoms with Crippen LogP contribution in [-0.2, 0) is 4.79 Å². The summed E-state index contributed by atoms with van der Waals surface area (Å²) >= 11 is 6.76. The molecule has 3 aromatic rings. The average molecular weight is 508 g/mol. The molecule has 2 aromatic carbocycles. The first-order valence-electron chi connectivity index (χ1n) is 8.19. The molecule has 1 heterocycles. The molecule has 0 fully saturated rings. The molecule has 144 valence electrons. The van der Waals surface area contributed by atoms with E-state index in [-0.39, 0.29) is 6.61 Å². The lowest BCUT2D eigenvalue weighted by molar-refractivity contribution is -0.123. The quantitative estimate of drug-likeness (QED) is 0.360. The molecule has 0 spiro atoms. The number of nitrogens with one attached hydrogen (secondary N) is 1. The van der Waals surface area contributed by atoms with Gasteiger partial charge in [-0.1, -0.05) is 28.1 Å². The molecule has 0 saturated heterocycles. The van der Waals surface area contributed by atoms with Crippen LogP contribution in [0, 0.1) is 0 Å². The molecular weight excluding hydrogens is 492 g/mol. The van der Waals surface area contributed by atoms with Crippen LogP contribution in [0.15, 0.2) is 73.1 Å². The van der Waals surface area contributed by atoms with Crippen molar-refractivity contribution in [2.75, 3.05) is 13.7 Å². The fraction of sp³-hybridized carbons (Fsp3) is 0.100. The molecule has 0 saturated carbocycles. The zero-order valence-electron chi connectivity index (χ0n) is 14.8. The van der Waals surface area contributed by atoms with Crippen molar-refractivity contribution in [1.29, 1.82) is 0 Å². The van der Waals surface area contributed by atoms with E-state index in [1.165, 1.54) is 6.21 Å². The van der Waals surface area contributed by atoms with Gasteiger partial charge in [0.15, 0.2) is 6.61 Å². The fourth-order valence-corrected chi connectivity index (χ4v) is 3.00. The minimum Gasteiger partial charge on any atom is -0.497 e. The number of halogens is 2. The average Bonchev–Trinajstić information content (AvgIpc) is 3.16. The second-order valence-corrected chi connectivity index (χ2v) is 7.36. The van der Waals surface area contributed by atoms with Crippen LogP contribution in [0.3, 0.4) is 0 Å². The van der Waals surface area contributed by atoms with E-state index in [1.54, 1.807) is 31.4 Å². The SMILES string of the molecule is COc1ccc(OCC(=O)N/N=C\c2ccc(-c3ccc(Br)cc3)o2)c(Br)c1. The third kappa shape index (κ3) is 5.46. The first-order valence-corrected chi connectivity index (χ1v) is 9.78. The van der Waals surface area contributed by atoms with Crippen LogP contribution in [0.1, 0.15) is 5.76 Å². The topological polar surface area (TPSA) is 73.1 Å². The summed E-state index contributed by atoms with van der Waals surface area (Å²) in [4.78, 5) is 11.9. The molecular formula is C20H16Br2N2O4. The van der Waals surface area contributed by atoms with Gasteiger partial charge in [-0.2, -0.15) is 5.10 Å². The van der Waals surface area contributed by atoms with Crippen LogP contribution >= 0.6 is 31.9 Å². The normalized spacial score (nSPS) is 10.8. The number of benzene rings is 2. The van der Waals surface area contributed by atoms with E-state index in [0.29, 0.717) is 27.5 Å². The number of methoxy groups -OCH3 is 1. The lowest BCUT2D eigenvalue weighted by atomic mass is 10.2. The zero-order chi connectivity index (χ0) is 19.9. The van der Waals surface area contributed by atoms with E-state index in [1.807, 2.05) is 30.3 Å². The highest BCUT2D eigenvalue weighted by Crippen LogP contribution is 2.29. The molecule has 1 N–H and O–H groups in total. The van der Waals surface area contributed by atoms with Crippen molar-refractivity contribution in [2.45, 2.75) is 0 Å². The summed E-state index contributed by atoms with van der Waals surface area (Å²) in [5.74, 6) is 2.07. The number of carbonyl (C=O) groups excluding carboxylic acids is 1. The Hall–Kier alpha value is -2.58. The number of nitrogens with zero attached hydrogens (tertiary/aromatic N) is 1. The summed E-state index contributed by atoms with van der Waals surface area (Å²) in [6.07, 6.45) is 1.43. The predicted octanol–water partition coefficient (Wildman–Crippen LogP) is 5.01. The van der Waals surface area contributed by atoms with Crippen LogP contribution in [0.5, 0.6) is 11.5 Å². The molecule has 28 heavy (non-hydrogen) atoms. The summed E-state index contributed by atoms with van der Waals surface area (Å²) in [7, 11) is 1.58. The van der Waals surface area contributed by atoms with Gasteiger partial charge in [-0.25, -0.2) is 5.43 Å². The number of ether oxygens (including phenoxy) is 2. The third-order valence-corrected chi connectivity index (χ3v) is 4.78. The first kappa shape index (κ1) is 20.2. The number of hydrogen-bond acceptors (Lipinski definition) is 5. The molecule has 0 radical (unpaired) electrons. The number of amides is 1. The molecule has 0 bridgehead atoms. The smallest absolute Gasteiger partial charge is 0.277 e. The van der Waals surface area contributed by atoms with Gasteiger partial charge in [-0.3, -0.25) is 4.79 Å². The van der Waals surface area contributed by atoms with Crippen molar-refractivity contribution in [3.63, 3.8) is 0 Å². The van der Waals surface area contributed by atoms with Gasteiger partial charge in [0.05, 0.1) is 17.8 Å². The lowest BCUT2D eigenvalue weighted by Gasteiger charge is -2.08. The summed E-state index contributed by atoms with van der Waals surface area (Å²) in [6.45, 7) is -0.176. The number of carbonyl (C=O) groups is 1. The molecule has 3 rings (SSSR count). The second kappa shape index (κ2) is 9.57. The summed E-state index contributed by atoms with van der Waals surface area (Å²) in [5.41, 5.74) is 3.35. The molecule has 6 nitrogen and oxygen atoms in total. The van der Waals surface area contributed by atoms with Crippen LogP contribution in [-0.4, -0.2) is 25.8 Å². The van der Waals surface area contributed by atoms with Crippen molar-refractivity contribution in [2.24, 2.45) is 5.10 Å². The summed E-state index contributed by atoms with van der Waals surface area (Å²) in [6, 6.07) is 16.6. The van der Waals surface area contributed by atoms with Crippen LogP contribution < -0.4 is 14.9 Å². The van der Waals surface area contributed by atoms with E-state index < -0.39 is 5.91 Å². The Bertz CT molecular complexity index is 984. The molecule has 1 aromatic heterocycles. The van der Waals surface area contributed by atoms with E-state index in [2.05, 4.69) is 42.4 Å². The molecule has 0 atom stereocenters. The number of rotatable bonds is 7.